The molecule has 2 bridgehead atoms. The number of fused-ring (bicyclic) bond motifs is 2. The third-order valence-corrected chi connectivity index (χ3v) is 8.69. The first-order chi connectivity index (χ1) is 22.0. The molecule has 0 saturated heterocycles. The molecule has 0 spiro atoms. The van der Waals surface area contributed by atoms with E-state index in [0.29, 0.717) is 30.4 Å². The SMILES string of the molecule is COC1/C=C/C=C/C=C/CC(OC(=O)[C@@H](C)NC(=O)C2CCCCC2)C(C)C(O)/C(C)=C/CCc2cc(O)cc(c2O)NC(=O)C1. The molecule has 5 N–H and O–H groups in total. The number of methoxy groups -OCH3 is 1. The molecule has 2 aliphatic rings. The van der Waals surface area contributed by atoms with Gasteiger partial charge in [-0.1, -0.05) is 68.7 Å². The van der Waals surface area contributed by atoms with Crippen LogP contribution in [0, 0.1) is 11.8 Å². The fourth-order valence-electron chi connectivity index (χ4n) is 5.76. The summed E-state index contributed by atoms with van der Waals surface area (Å²) in [7, 11) is 1.49. The fraction of sp³-hybridized carbons (Fsp3) is 0.528. The van der Waals surface area contributed by atoms with Crippen molar-refractivity contribution in [2.45, 2.75) is 103 Å². The van der Waals surface area contributed by atoms with Crippen molar-refractivity contribution in [2.75, 3.05) is 12.4 Å². The zero-order valence-electron chi connectivity index (χ0n) is 27.4. The second-order valence-corrected chi connectivity index (χ2v) is 12.3. The molecule has 1 aliphatic heterocycles. The van der Waals surface area contributed by atoms with Crippen molar-refractivity contribution >= 4 is 23.5 Å². The molecule has 2 amide bonds. The molecule has 0 radical (unpaired) electrons. The quantitative estimate of drug-likeness (QED) is 0.125. The Kier molecular flexibility index (Phi) is 14.6. The number of phenolic OH excluding ortho intramolecular Hbond substituents is 2. The van der Waals surface area contributed by atoms with Gasteiger partial charge in [0.1, 0.15) is 23.6 Å². The van der Waals surface area contributed by atoms with Gasteiger partial charge in [-0.05, 0) is 56.7 Å². The van der Waals surface area contributed by atoms with E-state index < -0.39 is 42.1 Å². The highest BCUT2D eigenvalue weighted by atomic mass is 16.5. The maximum absolute atomic E-state index is 13.1. The highest BCUT2D eigenvalue weighted by Gasteiger charge is 2.31. The Labute approximate surface area is 272 Å². The normalized spacial score (nSPS) is 27.8. The lowest BCUT2D eigenvalue weighted by Gasteiger charge is -2.29. The minimum absolute atomic E-state index is 0.00853. The molecule has 0 aromatic heterocycles. The zero-order valence-corrected chi connectivity index (χ0v) is 27.4. The smallest absolute Gasteiger partial charge is 0.328 e. The first-order valence-corrected chi connectivity index (χ1v) is 16.2. The minimum atomic E-state index is -0.940. The maximum Gasteiger partial charge on any atom is 0.328 e. The summed E-state index contributed by atoms with van der Waals surface area (Å²) in [5.41, 5.74) is 1.19. The number of hydrogen-bond donors (Lipinski definition) is 5. The number of anilines is 1. The van der Waals surface area contributed by atoms with E-state index in [2.05, 4.69) is 10.6 Å². The average molecular weight is 639 g/mol. The zero-order chi connectivity index (χ0) is 33.6. The van der Waals surface area contributed by atoms with Gasteiger partial charge in [-0.3, -0.25) is 9.59 Å². The molecule has 1 aromatic carbocycles. The topological polar surface area (TPSA) is 154 Å². The van der Waals surface area contributed by atoms with Crippen molar-refractivity contribution in [3.8, 4) is 11.5 Å². The van der Waals surface area contributed by atoms with Crippen molar-refractivity contribution in [3.63, 3.8) is 0 Å². The number of allylic oxidation sites excluding steroid dienone is 5. The van der Waals surface area contributed by atoms with Crippen molar-refractivity contribution in [2.24, 2.45) is 11.8 Å². The Bertz CT molecular complexity index is 1310. The monoisotopic (exact) mass is 638 g/mol. The minimum Gasteiger partial charge on any atom is -0.508 e. The van der Waals surface area contributed by atoms with Crippen molar-refractivity contribution in [1.29, 1.82) is 0 Å². The lowest BCUT2D eigenvalue weighted by molar-refractivity contribution is -0.156. The van der Waals surface area contributed by atoms with E-state index in [4.69, 9.17) is 9.47 Å². The van der Waals surface area contributed by atoms with Gasteiger partial charge >= 0.3 is 5.97 Å². The van der Waals surface area contributed by atoms with E-state index in [-0.39, 0.29) is 35.4 Å². The van der Waals surface area contributed by atoms with Crippen molar-refractivity contribution in [3.05, 3.63) is 65.8 Å². The molecule has 1 aromatic rings. The standard InChI is InChI=1S/C36H50N2O8/c1-23-14-13-17-27-20-28(39)21-30(34(27)42)38-32(40)22-29(45-4)18-11-6-5-7-12-19-31(24(2)33(23)41)46-36(44)25(3)37-35(43)26-15-9-8-10-16-26/h5-7,11-12,14,18,20-21,24-26,29,31,33,39,41-42H,8-10,13,15-17,19,22H2,1-4H3,(H,37,43)(H,38,40)/b6-5+,12-7+,18-11+,23-14+/t24?,25-,29?,31?,33?/m1/s1. The molecule has 3 rings (SSSR count). The van der Waals surface area contributed by atoms with Crippen molar-refractivity contribution in [1.82, 2.24) is 5.32 Å². The van der Waals surface area contributed by atoms with E-state index in [1.54, 1.807) is 44.2 Å². The second-order valence-electron chi connectivity index (χ2n) is 12.3. The van der Waals surface area contributed by atoms with Crippen LogP contribution in [-0.4, -0.2) is 64.6 Å². The Hall–Kier alpha value is -3.89. The van der Waals surface area contributed by atoms with Gasteiger partial charge in [-0.2, -0.15) is 0 Å². The van der Waals surface area contributed by atoms with Crippen LogP contribution in [0.2, 0.25) is 0 Å². The molecule has 252 valence electrons. The van der Waals surface area contributed by atoms with E-state index >= 15 is 0 Å². The van der Waals surface area contributed by atoms with Gasteiger partial charge < -0.3 is 35.4 Å². The van der Waals surface area contributed by atoms with Gasteiger partial charge in [0, 0.05) is 31.4 Å². The van der Waals surface area contributed by atoms with Gasteiger partial charge in [0.15, 0.2) is 0 Å². The number of esters is 1. The Balaban J connectivity index is 1.82. The molecule has 1 saturated carbocycles. The Morgan fingerprint density at radius 1 is 1.07 bits per heavy atom. The number of aliphatic hydroxyl groups is 1. The molecule has 10 heteroatoms. The van der Waals surface area contributed by atoms with E-state index in [1.165, 1.54) is 19.2 Å². The molecular weight excluding hydrogens is 588 g/mol. The van der Waals surface area contributed by atoms with Crippen LogP contribution in [0.15, 0.2) is 60.2 Å². The summed E-state index contributed by atoms with van der Waals surface area (Å²) in [4.78, 5) is 38.6. The first-order valence-electron chi connectivity index (χ1n) is 16.2. The molecular formula is C36H50N2O8. The lowest BCUT2D eigenvalue weighted by Crippen LogP contribution is -2.45. The van der Waals surface area contributed by atoms with Gasteiger partial charge in [0.2, 0.25) is 11.8 Å². The number of aliphatic hydroxyl groups excluding tert-OH is 1. The average Bonchev–Trinajstić information content (AvgIpc) is 3.04. The molecule has 1 aliphatic carbocycles. The summed E-state index contributed by atoms with van der Waals surface area (Å²) in [6, 6.07) is 1.89. The van der Waals surface area contributed by atoms with Gasteiger partial charge in [0.05, 0.1) is 24.3 Å². The van der Waals surface area contributed by atoms with Crippen LogP contribution >= 0.6 is 0 Å². The number of carbonyl (C=O) groups is 3. The third kappa shape index (κ3) is 11.2. The summed E-state index contributed by atoms with van der Waals surface area (Å²) >= 11 is 0. The highest BCUT2D eigenvalue weighted by Crippen LogP contribution is 2.34. The predicted octanol–water partition coefficient (Wildman–Crippen LogP) is 5.39. The van der Waals surface area contributed by atoms with Gasteiger partial charge in [0.25, 0.3) is 0 Å². The molecule has 4 unspecified atom stereocenters. The summed E-state index contributed by atoms with van der Waals surface area (Å²) < 4.78 is 11.3. The summed E-state index contributed by atoms with van der Waals surface area (Å²) in [5.74, 6) is -1.90. The number of aromatic hydroxyl groups is 2. The Morgan fingerprint density at radius 3 is 2.50 bits per heavy atom. The van der Waals surface area contributed by atoms with Crippen LogP contribution in [0.25, 0.3) is 0 Å². The predicted molar refractivity (Wildman–Crippen MR) is 177 cm³/mol. The number of hydrogen-bond acceptors (Lipinski definition) is 8. The molecule has 1 heterocycles. The summed E-state index contributed by atoms with van der Waals surface area (Å²) in [5, 5.41) is 37.8. The number of benzene rings is 1. The van der Waals surface area contributed by atoms with Gasteiger partial charge in [-0.25, -0.2) is 4.79 Å². The largest absolute Gasteiger partial charge is 0.508 e. The van der Waals surface area contributed by atoms with Crippen LogP contribution < -0.4 is 10.6 Å². The first kappa shape index (κ1) is 36.6. The van der Waals surface area contributed by atoms with Crippen LogP contribution in [0.4, 0.5) is 5.69 Å². The number of phenols is 2. The lowest BCUT2D eigenvalue weighted by atomic mass is 9.88. The molecule has 10 nitrogen and oxygen atoms in total. The van der Waals surface area contributed by atoms with E-state index in [1.807, 2.05) is 19.1 Å². The fourth-order valence-corrected chi connectivity index (χ4v) is 5.76. The van der Waals surface area contributed by atoms with Crippen LogP contribution in [0.5, 0.6) is 11.5 Å². The van der Waals surface area contributed by atoms with E-state index in [9.17, 15) is 29.7 Å². The number of ether oxygens (including phenoxy) is 2. The van der Waals surface area contributed by atoms with E-state index in [0.717, 1.165) is 32.1 Å². The number of carbonyl (C=O) groups excluding carboxylic acids is 3. The summed E-state index contributed by atoms with van der Waals surface area (Å²) in [6.45, 7) is 5.22. The number of aryl methyl sites for hydroxylation is 1. The molecule has 46 heavy (non-hydrogen) atoms. The summed E-state index contributed by atoms with van der Waals surface area (Å²) in [6.07, 6.45) is 16.2. The third-order valence-electron chi connectivity index (χ3n) is 8.69. The van der Waals surface area contributed by atoms with Gasteiger partial charge in [-0.15, -0.1) is 0 Å². The second kappa shape index (κ2) is 18.3. The van der Waals surface area contributed by atoms with Crippen LogP contribution in [0.3, 0.4) is 0 Å². The number of nitrogens with one attached hydrogen (secondary N) is 2. The number of amides is 2. The Morgan fingerprint density at radius 2 is 1.78 bits per heavy atom. The van der Waals surface area contributed by atoms with Crippen molar-refractivity contribution < 1.29 is 39.2 Å². The number of rotatable bonds is 5. The molecule has 5 atom stereocenters. The maximum atomic E-state index is 13.1. The highest BCUT2D eigenvalue weighted by molar-refractivity contribution is 5.93. The van der Waals surface area contributed by atoms with Crippen LogP contribution in [-0.2, 0) is 30.3 Å². The van der Waals surface area contributed by atoms with Crippen LogP contribution in [0.1, 0.15) is 77.7 Å². The molecule has 1 fully saturated rings.